The topological polar surface area (TPSA) is 35.2 Å². The van der Waals surface area contributed by atoms with Gasteiger partial charge in [-0.3, -0.25) is 0 Å². The molecule has 0 aliphatic rings. The van der Waals surface area contributed by atoms with E-state index in [4.69, 9.17) is 22.1 Å². The third-order valence-corrected chi connectivity index (χ3v) is 2.77. The molecule has 0 heterocycles. The maximum atomic E-state index is 13.5. The molecule has 2 aromatic carbocycles. The zero-order valence-electron chi connectivity index (χ0n) is 9.70. The van der Waals surface area contributed by atoms with E-state index in [0.717, 1.165) is 5.56 Å². The van der Waals surface area contributed by atoms with E-state index in [1.807, 2.05) is 12.1 Å². The van der Waals surface area contributed by atoms with Crippen LogP contribution in [0.1, 0.15) is 11.1 Å². The van der Waals surface area contributed by atoms with Crippen LogP contribution in [-0.2, 0) is 18.0 Å². The molecule has 0 unspecified atom stereocenters. The number of rotatable bonds is 4. The van der Waals surface area contributed by atoms with Gasteiger partial charge in [-0.05, 0) is 29.8 Å². The summed E-state index contributed by atoms with van der Waals surface area (Å²) in [5, 5.41) is 0.684. The molecule has 0 atom stereocenters. The number of halogens is 2. The highest BCUT2D eigenvalue weighted by molar-refractivity contribution is 6.30. The molecule has 0 fully saturated rings. The maximum absolute atomic E-state index is 13.5. The number of hydrogen-bond acceptors (Lipinski definition) is 2. The average Bonchev–Trinajstić information content (AvgIpc) is 2.34. The van der Waals surface area contributed by atoms with Gasteiger partial charge in [-0.15, -0.1) is 0 Å². The summed E-state index contributed by atoms with van der Waals surface area (Å²) >= 11 is 5.77. The largest absolute Gasteiger partial charge is 0.399 e. The molecule has 0 spiro atoms. The summed E-state index contributed by atoms with van der Waals surface area (Å²) in [7, 11) is 0. The normalized spacial score (nSPS) is 10.6. The van der Waals surface area contributed by atoms with Crippen molar-refractivity contribution in [3.05, 3.63) is 64.4 Å². The SMILES string of the molecule is Nc1ccc(COCc2ccc(Cl)cc2)c(F)c1. The van der Waals surface area contributed by atoms with Crippen LogP contribution in [0.3, 0.4) is 0 Å². The fraction of sp³-hybridized carbons (Fsp3) is 0.143. The molecule has 2 N–H and O–H groups in total. The number of benzene rings is 2. The minimum Gasteiger partial charge on any atom is -0.399 e. The Labute approximate surface area is 110 Å². The van der Waals surface area contributed by atoms with E-state index in [9.17, 15) is 4.39 Å². The molecule has 4 heteroatoms. The van der Waals surface area contributed by atoms with E-state index in [-0.39, 0.29) is 12.4 Å². The van der Waals surface area contributed by atoms with Gasteiger partial charge >= 0.3 is 0 Å². The molecule has 0 saturated heterocycles. The molecule has 18 heavy (non-hydrogen) atoms. The predicted octanol–water partition coefficient (Wildman–Crippen LogP) is 3.78. The lowest BCUT2D eigenvalue weighted by Crippen LogP contribution is -1.98. The average molecular weight is 266 g/mol. The first-order valence-electron chi connectivity index (χ1n) is 5.51. The van der Waals surface area contributed by atoms with Gasteiger partial charge in [-0.1, -0.05) is 29.8 Å². The fourth-order valence-corrected chi connectivity index (χ4v) is 1.67. The summed E-state index contributed by atoms with van der Waals surface area (Å²) < 4.78 is 18.9. The molecule has 0 saturated carbocycles. The third-order valence-electron chi connectivity index (χ3n) is 2.52. The summed E-state index contributed by atoms with van der Waals surface area (Å²) in [5.74, 6) is -0.342. The molecule has 0 aliphatic carbocycles. The number of anilines is 1. The summed E-state index contributed by atoms with van der Waals surface area (Å²) in [5.41, 5.74) is 7.37. The van der Waals surface area contributed by atoms with E-state index < -0.39 is 0 Å². The van der Waals surface area contributed by atoms with Crippen molar-refractivity contribution in [2.45, 2.75) is 13.2 Å². The Kier molecular flexibility index (Phi) is 4.18. The second-order valence-corrected chi connectivity index (χ2v) is 4.41. The number of ether oxygens (including phenoxy) is 1. The van der Waals surface area contributed by atoms with Crippen molar-refractivity contribution in [3.63, 3.8) is 0 Å². The van der Waals surface area contributed by atoms with Gasteiger partial charge in [0.25, 0.3) is 0 Å². The lowest BCUT2D eigenvalue weighted by atomic mass is 10.2. The van der Waals surface area contributed by atoms with Gasteiger partial charge in [-0.2, -0.15) is 0 Å². The van der Waals surface area contributed by atoms with Gasteiger partial charge in [-0.25, -0.2) is 4.39 Å². The Morgan fingerprint density at radius 2 is 1.78 bits per heavy atom. The lowest BCUT2D eigenvalue weighted by Gasteiger charge is -2.06. The van der Waals surface area contributed by atoms with Crippen molar-refractivity contribution in [2.24, 2.45) is 0 Å². The molecule has 0 aliphatic heterocycles. The van der Waals surface area contributed by atoms with Crippen molar-refractivity contribution in [1.29, 1.82) is 0 Å². The monoisotopic (exact) mass is 265 g/mol. The molecular weight excluding hydrogens is 253 g/mol. The Morgan fingerprint density at radius 3 is 2.44 bits per heavy atom. The number of nitrogen functional groups attached to an aromatic ring is 1. The first-order chi connectivity index (χ1) is 8.65. The molecule has 2 aromatic rings. The van der Waals surface area contributed by atoms with E-state index in [2.05, 4.69) is 0 Å². The predicted molar refractivity (Wildman–Crippen MR) is 70.8 cm³/mol. The number of nitrogens with two attached hydrogens (primary N) is 1. The van der Waals surface area contributed by atoms with Gasteiger partial charge < -0.3 is 10.5 Å². The smallest absolute Gasteiger partial charge is 0.130 e. The van der Waals surface area contributed by atoms with Crippen molar-refractivity contribution < 1.29 is 9.13 Å². The fourth-order valence-electron chi connectivity index (χ4n) is 1.54. The Hall–Kier alpha value is -1.58. The van der Waals surface area contributed by atoms with Crippen LogP contribution in [0.5, 0.6) is 0 Å². The summed E-state index contributed by atoms with van der Waals surface area (Å²) in [6, 6.07) is 11.9. The van der Waals surface area contributed by atoms with Crippen LogP contribution in [0.15, 0.2) is 42.5 Å². The van der Waals surface area contributed by atoms with Gasteiger partial charge in [0.15, 0.2) is 0 Å². The molecule has 0 amide bonds. The van der Waals surface area contributed by atoms with Crippen LogP contribution < -0.4 is 5.73 Å². The van der Waals surface area contributed by atoms with Gasteiger partial charge in [0.2, 0.25) is 0 Å². The van der Waals surface area contributed by atoms with Crippen molar-refractivity contribution in [2.75, 3.05) is 5.73 Å². The Balaban J connectivity index is 1.90. The van der Waals surface area contributed by atoms with E-state index in [1.165, 1.54) is 6.07 Å². The molecule has 2 rings (SSSR count). The standard InChI is InChI=1S/C14H13ClFNO/c15-12-4-1-10(2-5-12)8-18-9-11-3-6-13(17)7-14(11)16/h1-7H,8-9,17H2. The zero-order chi connectivity index (χ0) is 13.0. The second kappa shape index (κ2) is 5.85. The van der Waals surface area contributed by atoms with Crippen LogP contribution >= 0.6 is 11.6 Å². The first-order valence-corrected chi connectivity index (χ1v) is 5.89. The lowest BCUT2D eigenvalue weighted by molar-refractivity contribution is 0.105. The van der Waals surface area contributed by atoms with Gasteiger partial charge in [0, 0.05) is 16.3 Å². The van der Waals surface area contributed by atoms with Crippen LogP contribution in [0, 0.1) is 5.82 Å². The first kappa shape index (κ1) is 12.9. The van der Waals surface area contributed by atoms with Crippen molar-refractivity contribution in [3.8, 4) is 0 Å². The van der Waals surface area contributed by atoms with Crippen LogP contribution in [0.2, 0.25) is 5.02 Å². The minimum absolute atomic E-state index is 0.217. The Morgan fingerprint density at radius 1 is 1.06 bits per heavy atom. The van der Waals surface area contributed by atoms with Crippen LogP contribution in [0.25, 0.3) is 0 Å². The van der Waals surface area contributed by atoms with Gasteiger partial charge in [0.1, 0.15) is 5.82 Å². The van der Waals surface area contributed by atoms with Crippen molar-refractivity contribution in [1.82, 2.24) is 0 Å². The zero-order valence-corrected chi connectivity index (χ0v) is 10.5. The molecule has 2 nitrogen and oxygen atoms in total. The number of hydrogen-bond donors (Lipinski definition) is 1. The second-order valence-electron chi connectivity index (χ2n) is 3.97. The third kappa shape index (κ3) is 3.45. The molecule has 94 valence electrons. The van der Waals surface area contributed by atoms with Crippen LogP contribution in [0.4, 0.5) is 10.1 Å². The van der Waals surface area contributed by atoms with Crippen LogP contribution in [-0.4, -0.2) is 0 Å². The highest BCUT2D eigenvalue weighted by atomic mass is 35.5. The van der Waals surface area contributed by atoms with E-state index in [1.54, 1.807) is 24.3 Å². The maximum Gasteiger partial charge on any atom is 0.130 e. The highest BCUT2D eigenvalue weighted by Gasteiger charge is 2.02. The van der Waals surface area contributed by atoms with E-state index >= 15 is 0 Å². The molecule has 0 radical (unpaired) electrons. The minimum atomic E-state index is -0.342. The Bertz CT molecular complexity index is 528. The molecular formula is C14H13ClFNO. The molecule has 0 aromatic heterocycles. The van der Waals surface area contributed by atoms with Gasteiger partial charge in [0.05, 0.1) is 13.2 Å². The summed E-state index contributed by atoms with van der Waals surface area (Å²) in [6.45, 7) is 0.635. The highest BCUT2D eigenvalue weighted by Crippen LogP contribution is 2.14. The molecule has 0 bridgehead atoms. The summed E-state index contributed by atoms with van der Waals surface area (Å²) in [6.07, 6.45) is 0. The quantitative estimate of drug-likeness (QED) is 0.854. The van der Waals surface area contributed by atoms with Crippen molar-refractivity contribution >= 4 is 17.3 Å². The summed E-state index contributed by atoms with van der Waals surface area (Å²) in [4.78, 5) is 0. The van der Waals surface area contributed by atoms with E-state index in [0.29, 0.717) is 22.9 Å².